The minimum atomic E-state index is -0.544. The number of carbonyl (C=O) groups excluding carboxylic acids is 1. The van der Waals surface area contributed by atoms with Gasteiger partial charge in [0.05, 0.1) is 12.0 Å². The SMILES string of the molecule is CCCOc1cccc(CNC(=O)C(C)(C)CCl)c1. The molecule has 4 heteroatoms. The van der Waals surface area contributed by atoms with Gasteiger partial charge in [-0.1, -0.05) is 19.1 Å². The number of ether oxygens (including phenoxy) is 1. The van der Waals surface area contributed by atoms with Gasteiger partial charge in [-0.25, -0.2) is 0 Å². The van der Waals surface area contributed by atoms with Crippen molar-refractivity contribution in [3.8, 4) is 5.75 Å². The van der Waals surface area contributed by atoms with Crippen LogP contribution in [-0.4, -0.2) is 18.4 Å². The molecular weight excluding hydrogens is 262 g/mol. The summed E-state index contributed by atoms with van der Waals surface area (Å²) in [5.74, 6) is 1.10. The van der Waals surface area contributed by atoms with Crippen LogP contribution < -0.4 is 10.1 Å². The van der Waals surface area contributed by atoms with Gasteiger partial charge in [0.15, 0.2) is 0 Å². The van der Waals surface area contributed by atoms with E-state index in [2.05, 4.69) is 12.2 Å². The molecule has 0 radical (unpaired) electrons. The van der Waals surface area contributed by atoms with Gasteiger partial charge >= 0.3 is 0 Å². The van der Waals surface area contributed by atoms with Crippen molar-refractivity contribution in [3.63, 3.8) is 0 Å². The summed E-state index contributed by atoms with van der Waals surface area (Å²) in [6.07, 6.45) is 0.977. The lowest BCUT2D eigenvalue weighted by Gasteiger charge is -2.20. The first kappa shape index (κ1) is 15.8. The largest absolute Gasteiger partial charge is 0.494 e. The van der Waals surface area contributed by atoms with E-state index >= 15 is 0 Å². The third kappa shape index (κ3) is 5.11. The van der Waals surface area contributed by atoms with Crippen molar-refractivity contribution in [1.82, 2.24) is 5.32 Å². The number of alkyl halides is 1. The third-order valence-corrected chi connectivity index (χ3v) is 3.44. The van der Waals surface area contributed by atoms with Gasteiger partial charge in [0, 0.05) is 12.4 Å². The van der Waals surface area contributed by atoms with Crippen LogP contribution in [0.5, 0.6) is 5.75 Å². The van der Waals surface area contributed by atoms with E-state index in [0.717, 1.165) is 17.7 Å². The highest BCUT2D eigenvalue weighted by Gasteiger charge is 2.25. The van der Waals surface area contributed by atoms with Gasteiger partial charge in [-0.05, 0) is 38.0 Å². The Hall–Kier alpha value is -1.22. The van der Waals surface area contributed by atoms with Crippen LogP contribution >= 0.6 is 11.6 Å². The maximum Gasteiger partial charge on any atom is 0.227 e. The van der Waals surface area contributed by atoms with Crippen molar-refractivity contribution in [2.45, 2.75) is 33.7 Å². The number of hydrogen-bond acceptors (Lipinski definition) is 2. The highest BCUT2D eigenvalue weighted by molar-refractivity contribution is 6.19. The van der Waals surface area contributed by atoms with Crippen molar-refractivity contribution in [2.24, 2.45) is 5.41 Å². The topological polar surface area (TPSA) is 38.3 Å². The second-order valence-electron chi connectivity index (χ2n) is 5.20. The van der Waals surface area contributed by atoms with Crippen LogP contribution in [-0.2, 0) is 11.3 Å². The Kier molecular flexibility index (Phi) is 6.16. The van der Waals surface area contributed by atoms with E-state index in [9.17, 15) is 4.79 Å². The van der Waals surface area contributed by atoms with Gasteiger partial charge in [0.2, 0.25) is 5.91 Å². The molecule has 0 heterocycles. The molecule has 0 aromatic heterocycles. The quantitative estimate of drug-likeness (QED) is 0.779. The van der Waals surface area contributed by atoms with Gasteiger partial charge < -0.3 is 10.1 Å². The predicted octanol–water partition coefficient (Wildman–Crippen LogP) is 3.36. The third-order valence-electron chi connectivity index (χ3n) is 2.77. The minimum absolute atomic E-state index is 0.0395. The van der Waals surface area contributed by atoms with Gasteiger partial charge in [0.1, 0.15) is 5.75 Å². The predicted molar refractivity (Wildman–Crippen MR) is 78.6 cm³/mol. The fraction of sp³-hybridized carbons (Fsp3) is 0.533. The lowest BCUT2D eigenvalue weighted by Crippen LogP contribution is -2.37. The molecule has 1 aromatic carbocycles. The first-order chi connectivity index (χ1) is 8.99. The van der Waals surface area contributed by atoms with E-state index in [1.807, 2.05) is 38.1 Å². The van der Waals surface area contributed by atoms with Crippen molar-refractivity contribution in [3.05, 3.63) is 29.8 Å². The van der Waals surface area contributed by atoms with E-state index in [-0.39, 0.29) is 5.91 Å². The van der Waals surface area contributed by atoms with Crippen LogP contribution in [0.25, 0.3) is 0 Å². The first-order valence-corrected chi connectivity index (χ1v) is 7.09. The second-order valence-corrected chi connectivity index (χ2v) is 5.46. The average Bonchev–Trinajstić information content (AvgIpc) is 2.42. The molecule has 1 N–H and O–H groups in total. The molecule has 0 spiro atoms. The molecule has 0 atom stereocenters. The van der Waals surface area contributed by atoms with Crippen molar-refractivity contribution < 1.29 is 9.53 Å². The van der Waals surface area contributed by atoms with Gasteiger partial charge in [-0.2, -0.15) is 0 Å². The number of nitrogens with one attached hydrogen (secondary N) is 1. The molecule has 0 aliphatic heterocycles. The zero-order valence-electron chi connectivity index (χ0n) is 11.8. The van der Waals surface area contributed by atoms with Crippen molar-refractivity contribution in [1.29, 1.82) is 0 Å². The first-order valence-electron chi connectivity index (χ1n) is 6.55. The standard InChI is InChI=1S/C15H22ClNO2/c1-4-8-19-13-7-5-6-12(9-13)10-17-14(18)15(2,3)11-16/h5-7,9H,4,8,10-11H2,1-3H3,(H,17,18). The molecule has 0 bridgehead atoms. The number of rotatable bonds is 7. The number of halogens is 1. The van der Waals surface area contributed by atoms with E-state index in [1.165, 1.54) is 0 Å². The number of carbonyl (C=O) groups is 1. The summed E-state index contributed by atoms with van der Waals surface area (Å²) in [5, 5.41) is 2.89. The smallest absolute Gasteiger partial charge is 0.227 e. The van der Waals surface area contributed by atoms with Crippen LogP contribution in [0.1, 0.15) is 32.8 Å². The Morgan fingerprint density at radius 1 is 1.42 bits per heavy atom. The van der Waals surface area contributed by atoms with Gasteiger partial charge in [0.25, 0.3) is 0 Å². The summed E-state index contributed by atoms with van der Waals surface area (Å²) in [5.41, 5.74) is 0.477. The summed E-state index contributed by atoms with van der Waals surface area (Å²) in [6.45, 7) is 6.92. The molecule has 106 valence electrons. The number of benzene rings is 1. The molecule has 0 aliphatic rings. The molecule has 19 heavy (non-hydrogen) atoms. The lowest BCUT2D eigenvalue weighted by atomic mass is 9.95. The van der Waals surface area contributed by atoms with E-state index in [4.69, 9.17) is 16.3 Å². The molecule has 1 rings (SSSR count). The summed E-state index contributed by atoms with van der Waals surface area (Å²) >= 11 is 5.77. The molecule has 0 fully saturated rings. The van der Waals surface area contributed by atoms with E-state index in [1.54, 1.807) is 0 Å². The number of amides is 1. The molecule has 0 unspecified atom stereocenters. The Bertz CT molecular complexity index is 418. The fourth-order valence-corrected chi connectivity index (χ4v) is 1.57. The maximum absolute atomic E-state index is 11.9. The van der Waals surface area contributed by atoms with Gasteiger partial charge in [-0.15, -0.1) is 11.6 Å². The zero-order chi connectivity index (χ0) is 14.3. The van der Waals surface area contributed by atoms with Crippen LogP contribution in [0, 0.1) is 5.41 Å². The van der Waals surface area contributed by atoms with Gasteiger partial charge in [-0.3, -0.25) is 4.79 Å². The molecule has 1 aromatic rings. The highest BCUT2D eigenvalue weighted by atomic mass is 35.5. The maximum atomic E-state index is 11.9. The Morgan fingerprint density at radius 2 is 2.16 bits per heavy atom. The molecule has 0 saturated carbocycles. The normalized spacial score (nSPS) is 11.2. The highest BCUT2D eigenvalue weighted by Crippen LogP contribution is 2.18. The van der Waals surface area contributed by atoms with E-state index in [0.29, 0.717) is 19.0 Å². The molecular formula is C15H22ClNO2. The van der Waals surface area contributed by atoms with Crippen molar-refractivity contribution >= 4 is 17.5 Å². The zero-order valence-corrected chi connectivity index (χ0v) is 12.6. The number of hydrogen-bond donors (Lipinski definition) is 1. The van der Waals surface area contributed by atoms with E-state index < -0.39 is 5.41 Å². The molecule has 0 saturated heterocycles. The van der Waals surface area contributed by atoms with Crippen LogP contribution in [0.15, 0.2) is 24.3 Å². The van der Waals surface area contributed by atoms with Crippen LogP contribution in [0.2, 0.25) is 0 Å². The second kappa shape index (κ2) is 7.39. The van der Waals surface area contributed by atoms with Crippen molar-refractivity contribution in [2.75, 3.05) is 12.5 Å². The summed E-state index contributed by atoms with van der Waals surface area (Å²) in [7, 11) is 0. The molecule has 3 nitrogen and oxygen atoms in total. The Balaban J connectivity index is 2.56. The monoisotopic (exact) mass is 283 g/mol. The van der Waals surface area contributed by atoms with Crippen LogP contribution in [0.4, 0.5) is 0 Å². The lowest BCUT2D eigenvalue weighted by molar-refractivity contribution is -0.128. The van der Waals surface area contributed by atoms with Crippen LogP contribution in [0.3, 0.4) is 0 Å². The summed E-state index contributed by atoms with van der Waals surface area (Å²) in [6, 6.07) is 7.76. The summed E-state index contributed by atoms with van der Waals surface area (Å²) in [4.78, 5) is 11.9. The average molecular weight is 284 g/mol. The molecule has 0 aliphatic carbocycles. The Labute approximate surface area is 120 Å². The Morgan fingerprint density at radius 3 is 2.79 bits per heavy atom. The molecule has 1 amide bonds. The fourth-order valence-electron chi connectivity index (χ4n) is 1.45. The minimum Gasteiger partial charge on any atom is -0.494 e. The summed E-state index contributed by atoms with van der Waals surface area (Å²) < 4.78 is 5.56.